The lowest BCUT2D eigenvalue weighted by molar-refractivity contribution is 0.0697. The van der Waals surface area contributed by atoms with Crippen molar-refractivity contribution in [2.45, 2.75) is 16.7 Å². The maximum absolute atomic E-state index is 12.1. The molecule has 0 saturated carbocycles. The van der Waals surface area contributed by atoms with E-state index in [2.05, 4.69) is 21.7 Å². The molecule has 0 aliphatic heterocycles. The summed E-state index contributed by atoms with van der Waals surface area (Å²) in [6.45, 7) is 3.32. The third-order valence-corrected chi connectivity index (χ3v) is 4.82. The Morgan fingerprint density at radius 3 is 2.96 bits per heavy atom. The van der Waals surface area contributed by atoms with Gasteiger partial charge in [-0.2, -0.15) is 5.26 Å². The van der Waals surface area contributed by atoms with Crippen molar-refractivity contribution in [3.63, 3.8) is 0 Å². The van der Waals surface area contributed by atoms with Gasteiger partial charge in [-0.1, -0.05) is 23.9 Å². The first-order chi connectivity index (χ1) is 12.5. The van der Waals surface area contributed by atoms with Crippen molar-refractivity contribution in [1.82, 2.24) is 9.97 Å². The van der Waals surface area contributed by atoms with Crippen molar-refractivity contribution in [3.8, 4) is 6.07 Å². The average Bonchev–Trinajstić information content (AvgIpc) is 2.63. The third kappa shape index (κ3) is 5.34. The number of H-pyrrole nitrogens is 1. The summed E-state index contributed by atoms with van der Waals surface area (Å²) in [6.07, 6.45) is 1.51. The zero-order valence-corrected chi connectivity index (χ0v) is 15.1. The zero-order chi connectivity index (χ0) is 18.9. The highest BCUT2D eigenvalue weighted by atomic mass is 32.2. The first kappa shape index (κ1) is 19.5. The Bertz CT molecular complexity index is 948. The first-order valence-electron chi connectivity index (χ1n) is 7.26. The highest BCUT2D eigenvalue weighted by molar-refractivity contribution is 8.01. The fraction of sp³-hybridized carbons (Fsp3) is 0.118. The van der Waals surface area contributed by atoms with E-state index < -0.39 is 11.5 Å². The van der Waals surface area contributed by atoms with E-state index in [4.69, 9.17) is 10.4 Å². The normalized spacial score (nSPS) is 10.6. The van der Waals surface area contributed by atoms with E-state index in [9.17, 15) is 9.59 Å². The Balaban J connectivity index is 2.18. The lowest BCUT2D eigenvalue weighted by Gasteiger charge is -2.06. The maximum Gasteiger partial charge on any atom is 0.335 e. The van der Waals surface area contributed by atoms with Crippen LogP contribution in [0.25, 0.3) is 0 Å². The minimum absolute atomic E-state index is 0.0188. The van der Waals surface area contributed by atoms with Gasteiger partial charge in [-0.3, -0.25) is 9.79 Å². The van der Waals surface area contributed by atoms with Crippen molar-refractivity contribution >= 4 is 36.2 Å². The molecular weight excluding hydrogens is 372 g/mol. The summed E-state index contributed by atoms with van der Waals surface area (Å²) < 4.78 is 0. The number of aromatic carboxylic acids is 1. The number of hydrogen-bond acceptors (Lipinski definition) is 7. The number of rotatable bonds is 8. The molecule has 7 nitrogen and oxygen atoms in total. The van der Waals surface area contributed by atoms with Gasteiger partial charge in [-0.15, -0.1) is 11.8 Å². The molecule has 2 N–H and O–H groups in total. The van der Waals surface area contributed by atoms with Crippen LogP contribution < -0.4 is 5.56 Å². The zero-order valence-electron chi connectivity index (χ0n) is 13.5. The Morgan fingerprint density at radius 1 is 1.46 bits per heavy atom. The summed E-state index contributed by atoms with van der Waals surface area (Å²) in [4.78, 5) is 33.6. The van der Waals surface area contributed by atoms with Gasteiger partial charge in [0.2, 0.25) is 0 Å². The second kappa shape index (κ2) is 9.60. The Kier molecular flexibility index (Phi) is 7.20. The van der Waals surface area contributed by atoms with Crippen molar-refractivity contribution in [1.29, 1.82) is 5.26 Å². The predicted molar refractivity (Wildman–Crippen MR) is 103 cm³/mol. The van der Waals surface area contributed by atoms with Crippen LogP contribution in [-0.4, -0.2) is 27.8 Å². The van der Waals surface area contributed by atoms with Gasteiger partial charge in [-0.25, -0.2) is 9.78 Å². The standard InChI is InChI=1S/C17H14N4O3S2/c1-19-5-6-25-10-14-13(8-18)15(22)21-17(20-14)26-9-11-3-2-4-12(7-11)16(23)24/h2-7H,1,9-10H2,(H,23,24)(H,20,21,22)/b6-5-. The van der Waals surface area contributed by atoms with E-state index in [1.54, 1.807) is 23.6 Å². The molecule has 0 unspecified atom stereocenters. The molecule has 9 heteroatoms. The van der Waals surface area contributed by atoms with E-state index in [1.807, 2.05) is 6.07 Å². The number of aliphatic imine (C=N–C) groups is 1. The molecule has 2 rings (SSSR count). The number of hydrogen-bond donors (Lipinski definition) is 2. The highest BCUT2D eigenvalue weighted by Crippen LogP contribution is 2.21. The molecule has 0 amide bonds. The molecule has 0 spiro atoms. The monoisotopic (exact) mass is 386 g/mol. The van der Waals surface area contributed by atoms with Crippen LogP contribution in [0, 0.1) is 11.3 Å². The fourth-order valence-corrected chi connectivity index (χ4v) is 3.40. The summed E-state index contributed by atoms with van der Waals surface area (Å²) in [6, 6.07) is 8.41. The lowest BCUT2D eigenvalue weighted by Crippen LogP contribution is -2.16. The molecule has 0 fully saturated rings. The summed E-state index contributed by atoms with van der Waals surface area (Å²) in [5.74, 6) is -0.216. The van der Waals surface area contributed by atoms with Gasteiger partial charge in [0.1, 0.15) is 11.6 Å². The van der Waals surface area contributed by atoms with E-state index in [1.165, 1.54) is 35.8 Å². The number of nitrogens with zero attached hydrogens (tertiary/aromatic N) is 3. The molecule has 0 bridgehead atoms. The Morgan fingerprint density at radius 2 is 2.27 bits per heavy atom. The molecule has 1 heterocycles. The number of carboxylic acid groups (broad SMARTS) is 1. The summed E-state index contributed by atoms with van der Waals surface area (Å²) >= 11 is 2.60. The van der Waals surface area contributed by atoms with Crippen LogP contribution in [0.4, 0.5) is 0 Å². The second-order valence-corrected chi connectivity index (χ2v) is 6.74. The molecule has 2 aromatic rings. The highest BCUT2D eigenvalue weighted by Gasteiger charge is 2.12. The summed E-state index contributed by atoms with van der Waals surface area (Å²) in [7, 11) is 0. The Labute approximate surface area is 157 Å². The van der Waals surface area contributed by atoms with Gasteiger partial charge in [0.05, 0.1) is 11.3 Å². The topological polar surface area (TPSA) is 119 Å². The van der Waals surface area contributed by atoms with Crippen LogP contribution in [0.2, 0.25) is 0 Å². The van der Waals surface area contributed by atoms with Gasteiger partial charge in [-0.05, 0) is 29.8 Å². The predicted octanol–water partition coefficient (Wildman–Crippen LogP) is 3.04. The molecule has 1 aromatic heterocycles. The van der Waals surface area contributed by atoms with Crippen LogP contribution in [0.1, 0.15) is 27.2 Å². The molecular formula is C17H14N4O3S2. The number of thioether (sulfide) groups is 2. The van der Waals surface area contributed by atoms with Gasteiger partial charge >= 0.3 is 5.97 Å². The number of nitriles is 1. The molecule has 0 atom stereocenters. The number of aromatic amines is 1. The molecule has 132 valence electrons. The van der Waals surface area contributed by atoms with E-state index in [-0.39, 0.29) is 11.1 Å². The molecule has 0 aliphatic carbocycles. The molecule has 1 aromatic carbocycles. The third-order valence-electron chi connectivity index (χ3n) is 3.12. The average molecular weight is 386 g/mol. The first-order valence-corrected chi connectivity index (χ1v) is 9.29. The van der Waals surface area contributed by atoms with Gasteiger partial charge < -0.3 is 10.1 Å². The number of carbonyl (C=O) groups is 1. The smallest absolute Gasteiger partial charge is 0.335 e. The van der Waals surface area contributed by atoms with Gasteiger partial charge in [0.15, 0.2) is 5.16 Å². The van der Waals surface area contributed by atoms with Crippen LogP contribution in [0.3, 0.4) is 0 Å². The minimum atomic E-state index is -0.997. The molecule has 0 saturated heterocycles. The largest absolute Gasteiger partial charge is 0.478 e. The summed E-state index contributed by atoms with van der Waals surface area (Å²) in [5, 5.41) is 20.3. The van der Waals surface area contributed by atoms with E-state index >= 15 is 0 Å². The number of nitrogens with one attached hydrogen (secondary N) is 1. The SMILES string of the molecule is C=N/C=C\SCc1nc(SCc2cccc(C(=O)O)c2)[nH]c(=O)c1C#N. The maximum atomic E-state index is 12.1. The van der Waals surface area contributed by atoms with E-state index in [0.29, 0.717) is 22.4 Å². The fourth-order valence-electron chi connectivity index (χ4n) is 1.94. The van der Waals surface area contributed by atoms with Crippen molar-refractivity contribution in [3.05, 3.63) is 68.6 Å². The number of benzene rings is 1. The quantitative estimate of drug-likeness (QED) is 0.406. The lowest BCUT2D eigenvalue weighted by atomic mass is 10.1. The number of aromatic nitrogens is 2. The summed E-state index contributed by atoms with van der Waals surface area (Å²) in [5.41, 5.74) is 0.860. The molecule has 0 aliphatic rings. The second-order valence-electron chi connectivity index (χ2n) is 4.88. The molecule has 26 heavy (non-hydrogen) atoms. The van der Waals surface area contributed by atoms with Crippen LogP contribution in [0.15, 0.2) is 50.8 Å². The van der Waals surface area contributed by atoms with Gasteiger partial charge in [0, 0.05) is 17.7 Å². The number of carboxylic acids is 1. The molecule has 0 radical (unpaired) electrons. The van der Waals surface area contributed by atoms with Gasteiger partial charge in [0.25, 0.3) is 5.56 Å². The minimum Gasteiger partial charge on any atom is -0.478 e. The van der Waals surface area contributed by atoms with E-state index in [0.717, 1.165) is 5.56 Å². The van der Waals surface area contributed by atoms with Crippen LogP contribution in [-0.2, 0) is 11.5 Å². The van der Waals surface area contributed by atoms with Crippen molar-refractivity contribution in [2.24, 2.45) is 4.99 Å². The van der Waals surface area contributed by atoms with Crippen LogP contribution >= 0.6 is 23.5 Å². The Hall–Kier alpha value is -2.83. The van der Waals surface area contributed by atoms with Crippen molar-refractivity contribution < 1.29 is 9.90 Å². The van der Waals surface area contributed by atoms with Crippen LogP contribution in [0.5, 0.6) is 0 Å². The van der Waals surface area contributed by atoms with Crippen molar-refractivity contribution in [2.75, 3.05) is 0 Å².